The molecule has 1 aromatic rings. The first-order valence-corrected chi connectivity index (χ1v) is 7.19. The van der Waals surface area contributed by atoms with E-state index in [-0.39, 0.29) is 5.54 Å². The summed E-state index contributed by atoms with van der Waals surface area (Å²) in [6.07, 6.45) is 11.5. The van der Waals surface area contributed by atoms with Crippen molar-refractivity contribution in [2.45, 2.75) is 57.9 Å². The number of rotatable bonds is 5. The maximum Gasteiger partial charge on any atom is 0.0551 e. The van der Waals surface area contributed by atoms with E-state index < -0.39 is 0 Å². The Morgan fingerprint density at radius 2 is 1.89 bits per heavy atom. The largest absolute Gasteiger partial charge is 0.384 e. The Kier molecular flexibility index (Phi) is 4.45. The van der Waals surface area contributed by atoms with Crippen LogP contribution in [0.5, 0.6) is 0 Å². The molecule has 2 rings (SSSR count). The van der Waals surface area contributed by atoms with Gasteiger partial charge in [-0.2, -0.15) is 0 Å². The lowest BCUT2D eigenvalue weighted by atomic mass is 9.83. The molecule has 100 valence electrons. The smallest absolute Gasteiger partial charge is 0.0551 e. The highest BCUT2D eigenvalue weighted by Gasteiger charge is 2.26. The molecule has 0 aromatic carbocycles. The number of aromatic nitrogens is 1. The molecule has 0 spiro atoms. The van der Waals surface area contributed by atoms with Crippen LogP contribution in [0.3, 0.4) is 0 Å². The minimum Gasteiger partial charge on any atom is -0.384 e. The fourth-order valence-electron chi connectivity index (χ4n) is 2.68. The fourth-order valence-corrected chi connectivity index (χ4v) is 2.68. The lowest BCUT2D eigenvalue weighted by Gasteiger charge is -2.35. The van der Waals surface area contributed by atoms with E-state index in [1.165, 1.54) is 32.1 Å². The molecule has 3 heteroatoms. The summed E-state index contributed by atoms with van der Waals surface area (Å²) in [5, 5.41) is 7.05. The molecule has 0 amide bonds. The fraction of sp³-hybridized carbons (Fsp3) is 0.667. The van der Waals surface area contributed by atoms with Crippen LogP contribution in [0.25, 0.3) is 0 Å². The standard InChI is InChI=1S/C15H25N3/c1-3-9-17-13-10-14(12-16-11-13)18-15(2)7-5-4-6-8-15/h10-12,17-18H,3-9H2,1-2H3. The number of hydrogen-bond donors (Lipinski definition) is 2. The first-order chi connectivity index (χ1) is 8.72. The molecule has 3 nitrogen and oxygen atoms in total. The summed E-state index contributed by atoms with van der Waals surface area (Å²) in [5.74, 6) is 0. The first-order valence-electron chi connectivity index (χ1n) is 7.19. The Morgan fingerprint density at radius 3 is 2.61 bits per heavy atom. The van der Waals surface area contributed by atoms with Gasteiger partial charge in [-0.1, -0.05) is 26.2 Å². The normalized spacial score (nSPS) is 18.3. The number of nitrogens with one attached hydrogen (secondary N) is 2. The van der Waals surface area contributed by atoms with E-state index in [0.717, 1.165) is 24.3 Å². The van der Waals surface area contributed by atoms with E-state index >= 15 is 0 Å². The molecule has 0 unspecified atom stereocenters. The van der Waals surface area contributed by atoms with E-state index in [1.807, 2.05) is 12.4 Å². The summed E-state index contributed by atoms with van der Waals surface area (Å²) in [6.45, 7) is 5.51. The molecule has 0 bridgehead atoms. The van der Waals surface area contributed by atoms with Crippen molar-refractivity contribution < 1.29 is 0 Å². The average molecular weight is 247 g/mol. The van der Waals surface area contributed by atoms with Gasteiger partial charge in [0.2, 0.25) is 0 Å². The third kappa shape index (κ3) is 3.62. The van der Waals surface area contributed by atoms with Gasteiger partial charge in [0.15, 0.2) is 0 Å². The summed E-state index contributed by atoms with van der Waals surface area (Å²) in [6, 6.07) is 2.17. The van der Waals surface area contributed by atoms with Gasteiger partial charge in [-0.05, 0) is 32.3 Å². The maximum atomic E-state index is 4.31. The topological polar surface area (TPSA) is 37.0 Å². The van der Waals surface area contributed by atoms with Gasteiger partial charge in [0.1, 0.15) is 0 Å². The summed E-state index contributed by atoms with van der Waals surface area (Å²) in [5.41, 5.74) is 2.50. The highest BCUT2D eigenvalue weighted by atomic mass is 15.0. The Labute approximate surface area is 110 Å². The number of anilines is 2. The molecule has 1 aromatic heterocycles. The predicted octanol–water partition coefficient (Wildman–Crippen LogP) is 4.04. The third-order valence-corrected chi connectivity index (χ3v) is 3.72. The van der Waals surface area contributed by atoms with Crippen molar-refractivity contribution in [1.82, 2.24) is 4.98 Å². The van der Waals surface area contributed by atoms with Crippen LogP contribution in [0.4, 0.5) is 11.4 Å². The second kappa shape index (κ2) is 6.07. The Bertz CT molecular complexity index is 370. The van der Waals surface area contributed by atoms with Gasteiger partial charge in [-0.3, -0.25) is 4.98 Å². The summed E-state index contributed by atoms with van der Waals surface area (Å²) < 4.78 is 0. The number of pyridine rings is 1. The maximum absolute atomic E-state index is 4.31. The average Bonchev–Trinajstić information content (AvgIpc) is 2.37. The highest BCUT2D eigenvalue weighted by molar-refractivity contribution is 5.55. The van der Waals surface area contributed by atoms with Crippen molar-refractivity contribution in [2.24, 2.45) is 0 Å². The van der Waals surface area contributed by atoms with Gasteiger partial charge in [0.05, 0.1) is 23.8 Å². The van der Waals surface area contributed by atoms with Gasteiger partial charge in [-0.25, -0.2) is 0 Å². The van der Waals surface area contributed by atoms with Gasteiger partial charge >= 0.3 is 0 Å². The van der Waals surface area contributed by atoms with Crippen LogP contribution in [-0.4, -0.2) is 17.1 Å². The van der Waals surface area contributed by atoms with Crippen LogP contribution in [0.1, 0.15) is 52.4 Å². The predicted molar refractivity (Wildman–Crippen MR) is 78.1 cm³/mol. The van der Waals surface area contributed by atoms with Crippen LogP contribution < -0.4 is 10.6 Å². The van der Waals surface area contributed by atoms with Crippen molar-refractivity contribution in [3.05, 3.63) is 18.5 Å². The molecule has 0 saturated heterocycles. The van der Waals surface area contributed by atoms with E-state index in [0.29, 0.717) is 0 Å². The number of nitrogens with zero attached hydrogens (tertiary/aromatic N) is 1. The molecule has 1 fully saturated rings. The van der Waals surface area contributed by atoms with Gasteiger partial charge in [0.25, 0.3) is 0 Å². The van der Waals surface area contributed by atoms with E-state index in [4.69, 9.17) is 0 Å². The molecule has 1 aliphatic carbocycles. The van der Waals surface area contributed by atoms with Crippen LogP contribution in [-0.2, 0) is 0 Å². The second-order valence-electron chi connectivity index (χ2n) is 5.64. The molecule has 1 saturated carbocycles. The molecule has 0 radical (unpaired) electrons. The molecule has 1 heterocycles. The first kappa shape index (κ1) is 13.2. The van der Waals surface area contributed by atoms with Crippen LogP contribution in [0, 0.1) is 0 Å². The lowest BCUT2D eigenvalue weighted by molar-refractivity contribution is 0.349. The molecule has 18 heavy (non-hydrogen) atoms. The van der Waals surface area contributed by atoms with Crippen molar-refractivity contribution >= 4 is 11.4 Å². The van der Waals surface area contributed by atoms with Crippen molar-refractivity contribution in [3.63, 3.8) is 0 Å². The Morgan fingerprint density at radius 1 is 1.17 bits per heavy atom. The van der Waals surface area contributed by atoms with E-state index in [1.54, 1.807) is 0 Å². The minimum absolute atomic E-state index is 0.253. The summed E-state index contributed by atoms with van der Waals surface area (Å²) in [4.78, 5) is 4.31. The van der Waals surface area contributed by atoms with E-state index in [2.05, 4.69) is 35.5 Å². The number of hydrogen-bond acceptors (Lipinski definition) is 3. The monoisotopic (exact) mass is 247 g/mol. The van der Waals surface area contributed by atoms with Gasteiger partial charge in [-0.15, -0.1) is 0 Å². The Hall–Kier alpha value is -1.25. The molecular formula is C15H25N3. The molecule has 0 aliphatic heterocycles. The third-order valence-electron chi connectivity index (χ3n) is 3.72. The van der Waals surface area contributed by atoms with Crippen molar-refractivity contribution in [1.29, 1.82) is 0 Å². The van der Waals surface area contributed by atoms with Crippen LogP contribution >= 0.6 is 0 Å². The SMILES string of the molecule is CCCNc1cncc(NC2(C)CCCCC2)c1. The molecule has 2 N–H and O–H groups in total. The zero-order valence-corrected chi connectivity index (χ0v) is 11.6. The van der Waals surface area contributed by atoms with Crippen molar-refractivity contribution in [2.75, 3.05) is 17.2 Å². The molecular weight excluding hydrogens is 222 g/mol. The summed E-state index contributed by atoms with van der Waals surface area (Å²) in [7, 11) is 0. The molecule has 0 atom stereocenters. The Balaban J connectivity index is 1.99. The lowest BCUT2D eigenvalue weighted by Crippen LogP contribution is -2.36. The summed E-state index contributed by atoms with van der Waals surface area (Å²) >= 11 is 0. The van der Waals surface area contributed by atoms with Crippen LogP contribution in [0.2, 0.25) is 0 Å². The zero-order chi connectivity index (χ0) is 12.8. The van der Waals surface area contributed by atoms with Crippen molar-refractivity contribution in [3.8, 4) is 0 Å². The quantitative estimate of drug-likeness (QED) is 0.824. The minimum atomic E-state index is 0.253. The van der Waals surface area contributed by atoms with Crippen LogP contribution in [0.15, 0.2) is 18.5 Å². The van der Waals surface area contributed by atoms with Gasteiger partial charge in [0, 0.05) is 12.1 Å². The van der Waals surface area contributed by atoms with E-state index in [9.17, 15) is 0 Å². The molecule has 1 aliphatic rings. The highest BCUT2D eigenvalue weighted by Crippen LogP contribution is 2.31. The second-order valence-corrected chi connectivity index (χ2v) is 5.64. The van der Waals surface area contributed by atoms with Gasteiger partial charge < -0.3 is 10.6 Å². The zero-order valence-electron chi connectivity index (χ0n) is 11.6.